The van der Waals surface area contributed by atoms with E-state index in [1.54, 1.807) is 18.2 Å². The number of carbonyl (C=O) groups is 1. The quantitative estimate of drug-likeness (QED) is 0.481. The summed E-state index contributed by atoms with van der Waals surface area (Å²) in [6, 6.07) is 18.1. The van der Waals surface area contributed by atoms with E-state index in [9.17, 15) is 15.3 Å². The van der Waals surface area contributed by atoms with Gasteiger partial charge in [-0.15, -0.1) is 0 Å². The number of methoxy groups -OCH3 is 2. The third-order valence-electron chi connectivity index (χ3n) is 6.78. The lowest BCUT2D eigenvalue weighted by atomic mass is 9.68. The molecule has 2 aliphatic rings. The fourth-order valence-corrected chi connectivity index (χ4v) is 5.98. The first-order valence-electron chi connectivity index (χ1n) is 10.7. The Labute approximate surface area is 201 Å². The molecule has 3 aromatic rings. The van der Waals surface area contributed by atoms with Crippen LogP contribution in [0.15, 0.2) is 65.5 Å². The Kier molecular flexibility index (Phi) is 5.36. The van der Waals surface area contributed by atoms with Crippen molar-refractivity contribution in [1.29, 1.82) is 10.5 Å². The zero-order valence-corrected chi connectivity index (χ0v) is 19.5. The standard InChI is InChI=1S/C27H21N3O3S/c1-32-21-8-7-18(13-22(21)33-2)25(31)24-23(19-10-12-34-14-19)27(15-28,16-29)26-20-6-4-3-5-17(20)9-11-30(24)26/h3-14,23-24,26H,1-2H3/t23-,24+,26+/m1/s1. The highest BCUT2D eigenvalue weighted by Crippen LogP contribution is 2.60. The van der Waals surface area contributed by atoms with E-state index in [1.807, 2.05) is 58.3 Å². The number of thiophene rings is 1. The molecule has 0 aliphatic carbocycles. The minimum atomic E-state index is -1.46. The number of benzene rings is 2. The minimum absolute atomic E-state index is 0.182. The predicted molar refractivity (Wildman–Crippen MR) is 128 cm³/mol. The summed E-state index contributed by atoms with van der Waals surface area (Å²) in [6.45, 7) is 0. The lowest BCUT2D eigenvalue weighted by molar-refractivity contribution is 0.0874. The van der Waals surface area contributed by atoms with Gasteiger partial charge in [-0.25, -0.2) is 0 Å². The Balaban J connectivity index is 1.72. The molecule has 0 bridgehead atoms. The summed E-state index contributed by atoms with van der Waals surface area (Å²) < 4.78 is 10.7. The van der Waals surface area contributed by atoms with Gasteiger partial charge in [-0.1, -0.05) is 24.3 Å². The lowest BCUT2D eigenvalue weighted by Crippen LogP contribution is -2.37. The average Bonchev–Trinajstić information content (AvgIpc) is 3.52. The van der Waals surface area contributed by atoms with E-state index in [0.717, 1.165) is 16.7 Å². The van der Waals surface area contributed by atoms with Crippen molar-refractivity contribution in [1.82, 2.24) is 4.90 Å². The summed E-state index contributed by atoms with van der Waals surface area (Å²) in [7, 11) is 3.06. The molecule has 0 spiro atoms. The van der Waals surface area contributed by atoms with Crippen LogP contribution in [0.2, 0.25) is 0 Å². The molecule has 6 nitrogen and oxygen atoms in total. The van der Waals surface area contributed by atoms with Crippen molar-refractivity contribution in [2.75, 3.05) is 14.2 Å². The maximum atomic E-state index is 14.1. The van der Waals surface area contributed by atoms with Crippen LogP contribution in [0.25, 0.3) is 6.08 Å². The molecule has 3 atom stereocenters. The van der Waals surface area contributed by atoms with Gasteiger partial charge in [0.25, 0.3) is 0 Å². The fraction of sp³-hybridized carbons (Fsp3) is 0.222. The first kappa shape index (κ1) is 21.8. The number of hydrogen-bond donors (Lipinski definition) is 0. The van der Waals surface area contributed by atoms with E-state index < -0.39 is 23.4 Å². The van der Waals surface area contributed by atoms with Crippen molar-refractivity contribution in [3.63, 3.8) is 0 Å². The van der Waals surface area contributed by atoms with E-state index in [-0.39, 0.29) is 5.78 Å². The van der Waals surface area contributed by atoms with Crippen LogP contribution in [0.3, 0.4) is 0 Å². The number of nitrogens with zero attached hydrogens (tertiary/aromatic N) is 3. The van der Waals surface area contributed by atoms with Gasteiger partial charge in [0.1, 0.15) is 6.04 Å². The molecule has 2 aliphatic heterocycles. The number of nitriles is 2. The number of ketones is 1. The molecule has 7 heteroatoms. The summed E-state index contributed by atoms with van der Waals surface area (Å²) in [5.74, 6) is 0.142. The monoisotopic (exact) mass is 467 g/mol. The van der Waals surface area contributed by atoms with Crippen LogP contribution in [0.1, 0.15) is 39.0 Å². The summed E-state index contributed by atoms with van der Waals surface area (Å²) in [6.07, 6.45) is 3.79. The average molecular weight is 468 g/mol. The van der Waals surface area contributed by atoms with E-state index in [4.69, 9.17) is 9.47 Å². The van der Waals surface area contributed by atoms with Gasteiger partial charge in [0.2, 0.25) is 0 Å². The van der Waals surface area contributed by atoms with Crippen molar-refractivity contribution in [3.8, 4) is 23.6 Å². The highest BCUT2D eigenvalue weighted by molar-refractivity contribution is 7.08. The largest absolute Gasteiger partial charge is 0.493 e. The zero-order chi connectivity index (χ0) is 23.9. The molecule has 1 saturated heterocycles. The number of hydrogen-bond acceptors (Lipinski definition) is 7. The molecule has 1 aromatic heterocycles. The maximum Gasteiger partial charge on any atom is 0.186 e. The molecule has 0 amide bonds. The molecule has 5 rings (SSSR count). The molecule has 2 aromatic carbocycles. The van der Waals surface area contributed by atoms with Crippen LogP contribution >= 0.6 is 11.3 Å². The molecule has 0 unspecified atom stereocenters. The number of fused-ring (bicyclic) bond motifs is 3. The van der Waals surface area contributed by atoms with Crippen molar-refractivity contribution in [2.24, 2.45) is 5.41 Å². The third-order valence-corrected chi connectivity index (χ3v) is 7.48. The van der Waals surface area contributed by atoms with Crippen LogP contribution in [-0.2, 0) is 0 Å². The van der Waals surface area contributed by atoms with E-state index in [2.05, 4.69) is 12.1 Å². The third kappa shape index (κ3) is 3.02. The Morgan fingerprint density at radius 3 is 2.50 bits per heavy atom. The van der Waals surface area contributed by atoms with Crippen LogP contribution in [0.4, 0.5) is 0 Å². The number of ether oxygens (including phenoxy) is 2. The molecule has 0 saturated carbocycles. The summed E-state index contributed by atoms with van der Waals surface area (Å²) in [4.78, 5) is 16.0. The SMILES string of the molecule is COc1ccc(C(=O)[C@@H]2[C@@H](c3ccsc3)C(C#N)(C#N)[C@@H]3c4ccccc4C=CN23)cc1OC. The molecule has 34 heavy (non-hydrogen) atoms. The van der Waals surface area contributed by atoms with Crippen molar-refractivity contribution >= 4 is 23.2 Å². The summed E-state index contributed by atoms with van der Waals surface area (Å²) >= 11 is 1.48. The van der Waals surface area contributed by atoms with Gasteiger partial charge in [0, 0.05) is 17.7 Å². The van der Waals surface area contributed by atoms with Crippen molar-refractivity contribution < 1.29 is 14.3 Å². The van der Waals surface area contributed by atoms with Crippen molar-refractivity contribution in [2.45, 2.75) is 18.0 Å². The highest BCUT2D eigenvalue weighted by atomic mass is 32.1. The molecule has 168 valence electrons. The van der Waals surface area contributed by atoms with Gasteiger partial charge in [0.05, 0.1) is 32.4 Å². The second-order valence-corrected chi connectivity index (χ2v) is 9.08. The summed E-state index contributed by atoms with van der Waals surface area (Å²) in [5, 5.41) is 24.8. The highest BCUT2D eigenvalue weighted by Gasteiger charge is 2.63. The van der Waals surface area contributed by atoms with Crippen LogP contribution in [0.5, 0.6) is 11.5 Å². The smallest absolute Gasteiger partial charge is 0.186 e. The van der Waals surface area contributed by atoms with Gasteiger partial charge in [-0.3, -0.25) is 4.79 Å². The molecular formula is C27H21N3O3S. The van der Waals surface area contributed by atoms with Crippen LogP contribution in [0, 0.1) is 28.1 Å². The number of carbonyl (C=O) groups excluding carboxylic acids is 1. The first-order chi connectivity index (χ1) is 16.6. The Bertz CT molecular complexity index is 1350. The Hall–Kier alpha value is -4.07. The fourth-order valence-electron chi connectivity index (χ4n) is 5.28. The first-order valence-corrected chi connectivity index (χ1v) is 11.7. The molecular weight excluding hydrogens is 446 g/mol. The lowest BCUT2D eigenvalue weighted by Gasteiger charge is -2.34. The number of Topliss-reactive ketones (excluding diaryl/α,β-unsaturated/α-hetero) is 1. The second-order valence-electron chi connectivity index (χ2n) is 8.30. The van der Waals surface area contributed by atoms with Crippen molar-refractivity contribution in [3.05, 3.63) is 87.7 Å². The van der Waals surface area contributed by atoms with Crippen LogP contribution in [-0.4, -0.2) is 30.9 Å². The van der Waals surface area contributed by atoms with Gasteiger partial charge in [-0.2, -0.15) is 21.9 Å². The summed E-state index contributed by atoms with van der Waals surface area (Å²) in [5.41, 5.74) is 1.60. The van der Waals surface area contributed by atoms with Gasteiger partial charge >= 0.3 is 0 Å². The van der Waals surface area contributed by atoms with E-state index >= 15 is 0 Å². The normalized spacial score (nSPS) is 21.6. The molecule has 3 heterocycles. The zero-order valence-electron chi connectivity index (χ0n) is 18.6. The van der Waals surface area contributed by atoms with Gasteiger partial charge in [0.15, 0.2) is 22.7 Å². The van der Waals surface area contributed by atoms with Gasteiger partial charge in [-0.05, 0) is 57.8 Å². The maximum absolute atomic E-state index is 14.1. The van der Waals surface area contributed by atoms with E-state index in [0.29, 0.717) is 17.1 Å². The molecule has 1 fully saturated rings. The number of rotatable bonds is 5. The topological polar surface area (TPSA) is 86.3 Å². The van der Waals surface area contributed by atoms with E-state index in [1.165, 1.54) is 25.6 Å². The Morgan fingerprint density at radius 1 is 1.06 bits per heavy atom. The Morgan fingerprint density at radius 2 is 1.82 bits per heavy atom. The second kappa shape index (κ2) is 8.37. The van der Waals surface area contributed by atoms with Gasteiger partial charge < -0.3 is 14.4 Å². The minimum Gasteiger partial charge on any atom is -0.493 e. The van der Waals surface area contributed by atoms with Crippen LogP contribution < -0.4 is 9.47 Å². The predicted octanol–water partition coefficient (Wildman–Crippen LogP) is 5.18. The molecule has 0 radical (unpaired) electrons. The molecule has 0 N–H and O–H groups in total.